The van der Waals surface area contributed by atoms with Gasteiger partial charge in [-0.2, -0.15) is 5.26 Å². The van der Waals surface area contributed by atoms with Gasteiger partial charge in [0.1, 0.15) is 0 Å². The summed E-state index contributed by atoms with van der Waals surface area (Å²) in [5.74, 6) is -1.39. The van der Waals surface area contributed by atoms with E-state index in [1.807, 2.05) is 36.4 Å². The molecule has 3 heteroatoms. The molecule has 0 unspecified atom stereocenters. The van der Waals surface area contributed by atoms with Gasteiger partial charge in [-0.15, -0.1) is 0 Å². The Kier molecular flexibility index (Phi) is 2.29. The molecule has 0 heterocycles. The number of nitrogens with zero attached hydrogens (tertiary/aromatic N) is 1. The summed E-state index contributed by atoms with van der Waals surface area (Å²) in [5.41, 5.74) is 2.99. The Morgan fingerprint density at radius 2 is 1.52 bits per heavy atom. The van der Waals surface area contributed by atoms with Crippen molar-refractivity contribution in [1.29, 1.82) is 5.26 Å². The number of rotatable bonds is 1. The number of benzene rings is 2. The summed E-state index contributed by atoms with van der Waals surface area (Å²) < 4.78 is 0. The van der Waals surface area contributed by atoms with E-state index >= 15 is 0 Å². The zero-order chi connectivity index (χ0) is 14.6. The summed E-state index contributed by atoms with van der Waals surface area (Å²) in [6.07, 6.45) is 0.359. The van der Waals surface area contributed by atoms with Gasteiger partial charge in [0.15, 0.2) is 5.41 Å². The fraction of sp³-hybridized carbons (Fsp3) is 0.222. The smallest absolute Gasteiger partial charge is 0.325 e. The van der Waals surface area contributed by atoms with Crippen molar-refractivity contribution in [2.75, 3.05) is 0 Å². The van der Waals surface area contributed by atoms with E-state index in [9.17, 15) is 15.2 Å². The predicted octanol–water partition coefficient (Wildman–Crippen LogP) is 3.26. The van der Waals surface area contributed by atoms with E-state index in [0.29, 0.717) is 6.42 Å². The summed E-state index contributed by atoms with van der Waals surface area (Å²) in [6.45, 7) is 0. The Labute approximate surface area is 122 Å². The van der Waals surface area contributed by atoms with Crippen LogP contribution in [0.1, 0.15) is 40.5 Å². The normalized spacial score (nSPS) is 28.3. The van der Waals surface area contributed by atoms with Gasteiger partial charge in [0, 0.05) is 11.8 Å². The lowest BCUT2D eigenvalue weighted by atomic mass is 9.52. The van der Waals surface area contributed by atoms with Crippen LogP contribution in [0.15, 0.2) is 48.5 Å². The SMILES string of the molecule is N#C[C@]1(C(=O)O)CC2c3ccccc3C1c1ccccc12. The lowest BCUT2D eigenvalue weighted by Gasteiger charge is -2.47. The van der Waals surface area contributed by atoms with Crippen LogP contribution in [0, 0.1) is 16.7 Å². The number of carbonyl (C=O) groups is 1. The van der Waals surface area contributed by atoms with Gasteiger partial charge in [0.2, 0.25) is 0 Å². The molecule has 0 spiro atoms. The molecule has 0 fully saturated rings. The minimum atomic E-state index is -1.35. The largest absolute Gasteiger partial charge is 0.480 e. The molecule has 3 aliphatic rings. The van der Waals surface area contributed by atoms with Crippen LogP contribution in [0.4, 0.5) is 0 Å². The second kappa shape index (κ2) is 3.95. The molecule has 0 saturated heterocycles. The predicted molar refractivity (Wildman–Crippen MR) is 76.9 cm³/mol. The van der Waals surface area contributed by atoms with Gasteiger partial charge in [-0.05, 0) is 28.7 Å². The first-order valence-corrected chi connectivity index (χ1v) is 7.01. The summed E-state index contributed by atoms with van der Waals surface area (Å²) in [6, 6.07) is 18.0. The average Bonchev–Trinajstić information content (AvgIpc) is 2.54. The quantitative estimate of drug-likeness (QED) is 0.869. The van der Waals surface area contributed by atoms with E-state index in [0.717, 1.165) is 11.1 Å². The maximum atomic E-state index is 11.9. The van der Waals surface area contributed by atoms with Crippen LogP contribution in [0.5, 0.6) is 0 Å². The average molecular weight is 275 g/mol. The third kappa shape index (κ3) is 1.34. The van der Waals surface area contributed by atoms with E-state index in [4.69, 9.17) is 0 Å². The molecule has 1 N–H and O–H groups in total. The Balaban J connectivity index is 2.08. The van der Waals surface area contributed by atoms with E-state index in [-0.39, 0.29) is 11.8 Å². The number of fused-ring (bicyclic) bond motifs is 1. The highest BCUT2D eigenvalue weighted by Gasteiger charge is 2.57. The standard InChI is InChI=1S/C18H13NO2/c19-10-18(17(20)21)9-15-11-5-1-3-7-13(11)16(18)14-8-4-2-6-12(14)15/h1-8,15-16H,9H2,(H,20,21)/t15?,16?,18-/m1/s1. The number of carboxylic acids is 1. The minimum Gasteiger partial charge on any atom is -0.480 e. The van der Waals surface area contributed by atoms with Crippen LogP contribution in [0.3, 0.4) is 0 Å². The van der Waals surface area contributed by atoms with Gasteiger partial charge in [0.25, 0.3) is 0 Å². The zero-order valence-electron chi connectivity index (χ0n) is 11.3. The Bertz CT molecular complexity index is 757. The van der Waals surface area contributed by atoms with E-state index in [1.54, 1.807) is 0 Å². The van der Waals surface area contributed by atoms with E-state index in [1.165, 1.54) is 11.1 Å². The first-order valence-electron chi connectivity index (χ1n) is 7.01. The van der Waals surface area contributed by atoms with Crippen molar-refractivity contribution in [3.8, 4) is 6.07 Å². The van der Waals surface area contributed by atoms with Gasteiger partial charge in [-0.1, -0.05) is 48.5 Å². The van der Waals surface area contributed by atoms with Crippen molar-refractivity contribution in [3.05, 3.63) is 70.8 Å². The van der Waals surface area contributed by atoms with Gasteiger partial charge < -0.3 is 5.11 Å². The number of hydrogen-bond acceptors (Lipinski definition) is 2. The molecule has 3 aliphatic carbocycles. The highest BCUT2D eigenvalue weighted by atomic mass is 16.4. The molecular weight excluding hydrogens is 262 g/mol. The van der Waals surface area contributed by atoms with Gasteiger partial charge >= 0.3 is 5.97 Å². The molecule has 2 aromatic rings. The Hall–Kier alpha value is -2.60. The molecule has 21 heavy (non-hydrogen) atoms. The topological polar surface area (TPSA) is 61.1 Å². The van der Waals surface area contributed by atoms with Crippen LogP contribution in [-0.4, -0.2) is 11.1 Å². The first-order chi connectivity index (χ1) is 10.2. The van der Waals surface area contributed by atoms with Crippen molar-refractivity contribution >= 4 is 5.97 Å². The second-order valence-electron chi connectivity index (χ2n) is 5.84. The Morgan fingerprint density at radius 3 is 1.95 bits per heavy atom. The molecule has 0 radical (unpaired) electrons. The molecule has 0 aliphatic heterocycles. The molecule has 2 bridgehead atoms. The van der Waals surface area contributed by atoms with Gasteiger partial charge in [0.05, 0.1) is 6.07 Å². The van der Waals surface area contributed by atoms with Crippen LogP contribution >= 0.6 is 0 Å². The highest BCUT2D eigenvalue weighted by molar-refractivity contribution is 5.83. The number of carboxylic acid groups (broad SMARTS) is 1. The third-order valence-electron chi connectivity index (χ3n) is 4.96. The molecule has 0 amide bonds. The fourth-order valence-corrected chi connectivity index (χ4v) is 4.08. The Morgan fingerprint density at radius 1 is 1.05 bits per heavy atom. The van der Waals surface area contributed by atoms with Crippen LogP contribution < -0.4 is 0 Å². The first kappa shape index (κ1) is 12.2. The van der Waals surface area contributed by atoms with Crippen molar-refractivity contribution in [2.24, 2.45) is 5.41 Å². The molecule has 1 atom stereocenters. The fourth-order valence-electron chi connectivity index (χ4n) is 4.08. The monoisotopic (exact) mass is 275 g/mol. The van der Waals surface area contributed by atoms with Crippen molar-refractivity contribution in [1.82, 2.24) is 0 Å². The molecule has 102 valence electrons. The zero-order valence-corrected chi connectivity index (χ0v) is 11.3. The highest BCUT2D eigenvalue weighted by Crippen LogP contribution is 2.60. The molecule has 2 aromatic carbocycles. The van der Waals surface area contributed by atoms with Crippen LogP contribution in [0.25, 0.3) is 0 Å². The van der Waals surface area contributed by atoms with Gasteiger partial charge in [-0.3, -0.25) is 4.79 Å². The maximum absolute atomic E-state index is 11.9. The molecule has 5 rings (SSSR count). The molecule has 0 saturated carbocycles. The second-order valence-corrected chi connectivity index (χ2v) is 5.84. The molecule has 3 nitrogen and oxygen atoms in total. The summed E-state index contributed by atoms with van der Waals surface area (Å²) in [4.78, 5) is 11.9. The van der Waals surface area contributed by atoms with E-state index < -0.39 is 11.4 Å². The minimum absolute atomic E-state index is 0.00171. The summed E-state index contributed by atoms with van der Waals surface area (Å²) in [5, 5.41) is 19.4. The van der Waals surface area contributed by atoms with Crippen molar-refractivity contribution in [3.63, 3.8) is 0 Å². The summed E-state index contributed by atoms with van der Waals surface area (Å²) in [7, 11) is 0. The lowest BCUT2D eigenvalue weighted by molar-refractivity contribution is -0.147. The third-order valence-corrected chi connectivity index (χ3v) is 4.96. The van der Waals surface area contributed by atoms with Crippen LogP contribution in [0.2, 0.25) is 0 Å². The number of hydrogen-bond donors (Lipinski definition) is 1. The van der Waals surface area contributed by atoms with E-state index in [2.05, 4.69) is 18.2 Å². The molecule has 0 aromatic heterocycles. The van der Waals surface area contributed by atoms with Crippen LogP contribution in [-0.2, 0) is 4.79 Å². The van der Waals surface area contributed by atoms with Crippen molar-refractivity contribution < 1.29 is 9.90 Å². The maximum Gasteiger partial charge on any atom is 0.325 e. The lowest BCUT2D eigenvalue weighted by Crippen LogP contribution is -2.45. The molecular formula is C18H13NO2. The summed E-state index contributed by atoms with van der Waals surface area (Å²) >= 11 is 0. The number of aliphatic carboxylic acids is 1. The number of nitriles is 1. The van der Waals surface area contributed by atoms with Gasteiger partial charge in [-0.25, -0.2) is 0 Å². The van der Waals surface area contributed by atoms with Crippen molar-refractivity contribution in [2.45, 2.75) is 18.3 Å².